The van der Waals surface area contributed by atoms with Crippen molar-refractivity contribution in [2.24, 2.45) is 0 Å². The average molecular weight is 386 g/mol. The predicted molar refractivity (Wildman–Crippen MR) is 86.1 cm³/mol. The Balaban J connectivity index is 2.44. The van der Waals surface area contributed by atoms with Crippen molar-refractivity contribution in [1.82, 2.24) is 15.0 Å². The van der Waals surface area contributed by atoms with Gasteiger partial charge in [-0.3, -0.25) is 0 Å². The summed E-state index contributed by atoms with van der Waals surface area (Å²) in [6, 6.07) is 2.97. The van der Waals surface area contributed by atoms with Crippen LogP contribution in [0.2, 0.25) is 0 Å². The molecule has 20 heavy (non-hydrogen) atoms. The van der Waals surface area contributed by atoms with E-state index >= 15 is 0 Å². The Bertz CT molecular complexity index is 586. The van der Waals surface area contributed by atoms with Crippen molar-refractivity contribution in [2.45, 2.75) is 26.7 Å². The van der Waals surface area contributed by atoms with Crippen LogP contribution in [0.15, 0.2) is 18.3 Å². The van der Waals surface area contributed by atoms with Gasteiger partial charge < -0.3 is 5.32 Å². The summed E-state index contributed by atoms with van der Waals surface area (Å²) in [5.41, 5.74) is 1.55. The first-order valence-electron chi connectivity index (χ1n) is 6.57. The highest BCUT2D eigenvalue weighted by atomic mass is 127. The van der Waals surface area contributed by atoms with Gasteiger partial charge in [0.05, 0.1) is 15.5 Å². The van der Waals surface area contributed by atoms with Gasteiger partial charge in [-0.2, -0.15) is 0 Å². The average Bonchev–Trinajstić information content (AvgIpc) is 2.47. The Morgan fingerprint density at radius 2 is 2.05 bits per heavy atom. The highest BCUT2D eigenvalue weighted by Crippen LogP contribution is 2.23. The minimum absolute atomic E-state index is 0.362. The van der Waals surface area contributed by atoms with Crippen LogP contribution in [0.5, 0.6) is 0 Å². The number of aromatic nitrogens is 3. The third-order valence-electron chi connectivity index (χ3n) is 2.75. The molecular formula is C14H16FIN4. The molecule has 106 valence electrons. The lowest BCUT2D eigenvalue weighted by Gasteiger charge is -2.11. The number of pyridine rings is 1. The lowest BCUT2D eigenvalue weighted by Crippen LogP contribution is -2.09. The van der Waals surface area contributed by atoms with E-state index in [0.717, 1.165) is 34.5 Å². The molecule has 0 saturated heterocycles. The maximum atomic E-state index is 12.9. The van der Waals surface area contributed by atoms with Crippen LogP contribution >= 0.6 is 22.6 Å². The molecule has 0 bridgehead atoms. The molecule has 0 saturated carbocycles. The molecule has 1 N–H and O–H groups in total. The van der Waals surface area contributed by atoms with E-state index in [1.807, 2.05) is 0 Å². The van der Waals surface area contributed by atoms with Crippen molar-refractivity contribution in [3.05, 3.63) is 33.4 Å². The van der Waals surface area contributed by atoms with E-state index in [0.29, 0.717) is 11.5 Å². The van der Waals surface area contributed by atoms with E-state index in [9.17, 15) is 4.39 Å². The largest absolute Gasteiger partial charge is 0.369 e. The number of halogens is 2. The summed E-state index contributed by atoms with van der Waals surface area (Å²) in [6.45, 7) is 5.01. The number of nitrogens with one attached hydrogen (secondary N) is 1. The molecule has 0 atom stereocenters. The van der Waals surface area contributed by atoms with Gasteiger partial charge in [0.15, 0.2) is 5.82 Å². The Kier molecular flexibility index (Phi) is 5.22. The van der Waals surface area contributed by atoms with Gasteiger partial charge in [0, 0.05) is 6.54 Å². The van der Waals surface area contributed by atoms with Crippen molar-refractivity contribution in [3.8, 4) is 11.5 Å². The number of hydrogen-bond donors (Lipinski definition) is 1. The predicted octanol–water partition coefficient (Wildman–Crippen LogP) is 3.67. The zero-order valence-corrected chi connectivity index (χ0v) is 13.6. The molecule has 0 unspecified atom stereocenters. The summed E-state index contributed by atoms with van der Waals surface area (Å²) < 4.78 is 14.0. The van der Waals surface area contributed by atoms with Gasteiger partial charge in [0.1, 0.15) is 17.3 Å². The monoisotopic (exact) mass is 386 g/mol. The molecule has 0 spiro atoms. The van der Waals surface area contributed by atoms with Crippen LogP contribution in [-0.2, 0) is 6.42 Å². The lowest BCUT2D eigenvalue weighted by molar-refractivity contribution is 0.621. The number of anilines is 1. The molecule has 0 fully saturated rings. The van der Waals surface area contributed by atoms with Gasteiger partial charge >= 0.3 is 0 Å². The van der Waals surface area contributed by atoms with Crippen LogP contribution in [0, 0.1) is 9.39 Å². The first-order chi connectivity index (χ1) is 9.65. The van der Waals surface area contributed by atoms with Crippen molar-refractivity contribution in [2.75, 3.05) is 11.9 Å². The van der Waals surface area contributed by atoms with Crippen LogP contribution in [-0.4, -0.2) is 21.5 Å². The summed E-state index contributed by atoms with van der Waals surface area (Å²) >= 11 is 2.25. The van der Waals surface area contributed by atoms with Crippen molar-refractivity contribution >= 4 is 28.4 Å². The van der Waals surface area contributed by atoms with Gasteiger partial charge in [-0.05, 0) is 47.6 Å². The molecule has 0 radical (unpaired) electrons. The summed E-state index contributed by atoms with van der Waals surface area (Å²) in [5.74, 6) is 0.987. The Hall–Kier alpha value is -1.31. The zero-order chi connectivity index (χ0) is 14.5. The third-order valence-corrected chi connectivity index (χ3v) is 3.89. The highest BCUT2D eigenvalue weighted by Gasteiger charge is 2.12. The van der Waals surface area contributed by atoms with Gasteiger partial charge in [-0.1, -0.05) is 13.8 Å². The molecule has 0 amide bonds. The van der Waals surface area contributed by atoms with E-state index in [2.05, 4.69) is 56.7 Å². The second-order valence-corrected chi connectivity index (χ2v) is 5.38. The Labute approximate surface area is 131 Å². The van der Waals surface area contributed by atoms with E-state index in [1.54, 1.807) is 6.07 Å². The number of aryl methyl sites for hydroxylation is 1. The minimum atomic E-state index is -0.362. The van der Waals surface area contributed by atoms with Crippen molar-refractivity contribution in [3.63, 3.8) is 0 Å². The molecule has 4 nitrogen and oxygen atoms in total. The van der Waals surface area contributed by atoms with E-state index in [-0.39, 0.29) is 5.82 Å². The first kappa shape index (κ1) is 15.1. The molecular weight excluding hydrogens is 370 g/mol. The summed E-state index contributed by atoms with van der Waals surface area (Å²) in [4.78, 5) is 13.1. The summed E-state index contributed by atoms with van der Waals surface area (Å²) in [6.07, 6.45) is 3.02. The van der Waals surface area contributed by atoms with Crippen LogP contribution in [0.3, 0.4) is 0 Å². The molecule has 2 rings (SSSR count). The molecule has 0 aliphatic carbocycles. The zero-order valence-electron chi connectivity index (χ0n) is 11.5. The molecule has 0 aliphatic heterocycles. The fourth-order valence-corrected chi connectivity index (χ4v) is 2.52. The fraction of sp³-hybridized carbons (Fsp3) is 0.357. The van der Waals surface area contributed by atoms with Crippen molar-refractivity contribution < 1.29 is 4.39 Å². The maximum Gasteiger partial charge on any atom is 0.180 e. The highest BCUT2D eigenvalue weighted by molar-refractivity contribution is 14.1. The topological polar surface area (TPSA) is 50.7 Å². The third kappa shape index (κ3) is 3.41. The Morgan fingerprint density at radius 3 is 2.65 bits per heavy atom. The number of nitrogens with zero attached hydrogens (tertiary/aromatic N) is 3. The van der Waals surface area contributed by atoms with Gasteiger partial charge in [0.25, 0.3) is 0 Å². The molecule has 6 heteroatoms. The summed E-state index contributed by atoms with van der Waals surface area (Å²) in [5, 5.41) is 3.30. The van der Waals surface area contributed by atoms with Crippen molar-refractivity contribution in [1.29, 1.82) is 0 Å². The SMILES string of the molecule is CCCNc1nc(-c2ccc(F)cn2)nc(CC)c1I. The van der Waals surface area contributed by atoms with Gasteiger partial charge in [-0.25, -0.2) is 19.3 Å². The second-order valence-electron chi connectivity index (χ2n) is 4.30. The normalized spacial score (nSPS) is 10.6. The second kappa shape index (κ2) is 6.92. The smallest absolute Gasteiger partial charge is 0.180 e. The van der Waals surface area contributed by atoms with Crippen LogP contribution in [0.4, 0.5) is 10.2 Å². The van der Waals surface area contributed by atoms with E-state index < -0.39 is 0 Å². The van der Waals surface area contributed by atoms with Crippen LogP contribution in [0.1, 0.15) is 26.0 Å². The molecule has 0 aliphatic rings. The van der Waals surface area contributed by atoms with Gasteiger partial charge in [-0.15, -0.1) is 0 Å². The van der Waals surface area contributed by atoms with E-state index in [1.165, 1.54) is 12.3 Å². The lowest BCUT2D eigenvalue weighted by atomic mass is 10.2. The molecule has 0 aromatic carbocycles. The number of rotatable bonds is 5. The van der Waals surface area contributed by atoms with Crippen LogP contribution in [0.25, 0.3) is 11.5 Å². The number of hydrogen-bond acceptors (Lipinski definition) is 4. The van der Waals surface area contributed by atoms with E-state index in [4.69, 9.17) is 0 Å². The quantitative estimate of drug-likeness (QED) is 0.797. The molecule has 2 aromatic heterocycles. The standard InChI is InChI=1S/C14H16FIN4/c1-3-7-17-14-12(16)10(4-2)19-13(20-14)11-6-5-9(15)8-18-11/h5-6,8H,3-4,7H2,1-2H3,(H,17,19,20). The fourth-order valence-electron chi connectivity index (χ4n) is 1.71. The molecule has 2 aromatic rings. The first-order valence-corrected chi connectivity index (χ1v) is 7.65. The maximum absolute atomic E-state index is 12.9. The molecule has 2 heterocycles. The minimum Gasteiger partial charge on any atom is -0.369 e. The van der Waals surface area contributed by atoms with Crippen LogP contribution < -0.4 is 5.32 Å². The van der Waals surface area contributed by atoms with Gasteiger partial charge in [0.2, 0.25) is 0 Å². The summed E-state index contributed by atoms with van der Waals surface area (Å²) in [7, 11) is 0. The Morgan fingerprint density at radius 1 is 1.25 bits per heavy atom.